The zero-order chi connectivity index (χ0) is 37.3. The summed E-state index contributed by atoms with van der Waals surface area (Å²) in [5.74, 6) is -4.44. The Balaban J connectivity index is 1.22. The Morgan fingerprint density at radius 2 is 1.23 bits per heavy atom. The van der Waals surface area contributed by atoms with Crippen molar-refractivity contribution in [2.45, 2.75) is 26.4 Å². The molecule has 0 spiro atoms. The van der Waals surface area contributed by atoms with Crippen molar-refractivity contribution in [2.24, 2.45) is 0 Å². The average Bonchev–Trinajstić information content (AvgIpc) is 3.10. The van der Waals surface area contributed by atoms with Crippen LogP contribution >= 0.6 is 0 Å². The Labute approximate surface area is 292 Å². The van der Waals surface area contributed by atoms with Gasteiger partial charge < -0.3 is 9.47 Å². The van der Waals surface area contributed by atoms with Gasteiger partial charge in [-0.25, -0.2) is 30.7 Å². The van der Waals surface area contributed by atoms with Crippen LogP contribution in [0.2, 0.25) is 0 Å². The number of aryl methyl sites for hydroxylation is 1. The van der Waals surface area contributed by atoms with Gasteiger partial charge in [0.25, 0.3) is 0 Å². The Bertz CT molecular complexity index is 2350. The van der Waals surface area contributed by atoms with Gasteiger partial charge in [0.1, 0.15) is 40.3 Å². The first kappa shape index (κ1) is 35.9. The lowest BCUT2D eigenvalue weighted by Gasteiger charge is -2.20. The third-order valence-corrected chi connectivity index (χ3v) is 8.08. The molecule has 264 valence electrons. The largest absolute Gasteiger partial charge is 0.494 e. The summed E-state index contributed by atoms with van der Waals surface area (Å²) in [5, 5.41) is -0.969. The fourth-order valence-corrected chi connectivity index (χ4v) is 5.49. The Morgan fingerprint density at radius 1 is 0.596 bits per heavy atom. The molecule has 0 N–H and O–H groups in total. The molecule has 0 atom stereocenters. The van der Waals surface area contributed by atoms with Crippen molar-refractivity contribution in [3.63, 3.8) is 0 Å². The second kappa shape index (κ2) is 14.4. The molecule has 0 aromatic heterocycles. The van der Waals surface area contributed by atoms with Crippen LogP contribution in [-0.2, 0) is 6.11 Å². The Hall–Kier alpha value is -5.89. The molecule has 0 fully saturated rings. The highest BCUT2D eigenvalue weighted by atomic mass is 19.3. The number of ether oxygens (including phenoxy) is 2. The molecule has 2 nitrogen and oxygen atoms in total. The fraction of sp³-hybridized carbons (Fsp3) is 0.122. The van der Waals surface area contributed by atoms with Crippen molar-refractivity contribution < 1.29 is 49.0 Å². The van der Waals surface area contributed by atoms with Crippen LogP contribution in [0.4, 0.5) is 39.5 Å². The minimum Gasteiger partial charge on any atom is -0.494 e. The van der Waals surface area contributed by atoms with Gasteiger partial charge in [0.15, 0.2) is 17.5 Å². The lowest BCUT2D eigenvalue weighted by atomic mass is 9.95. The van der Waals surface area contributed by atoms with Crippen LogP contribution in [0.15, 0.2) is 91.0 Å². The molecule has 0 heterocycles. The van der Waals surface area contributed by atoms with Gasteiger partial charge in [0, 0.05) is 11.1 Å². The quantitative estimate of drug-likeness (QED) is 0.0885. The van der Waals surface area contributed by atoms with Crippen LogP contribution in [0.1, 0.15) is 35.6 Å². The molecular weight excluding hydrogens is 695 g/mol. The highest BCUT2D eigenvalue weighted by molar-refractivity contribution is 5.92. The normalized spacial score (nSPS) is 11.4. The van der Waals surface area contributed by atoms with E-state index in [1.54, 1.807) is 24.3 Å². The second-order valence-electron chi connectivity index (χ2n) is 11.8. The number of benzene rings is 6. The maximum absolute atomic E-state index is 15.4. The number of hydrogen-bond donors (Lipinski definition) is 0. The van der Waals surface area contributed by atoms with Crippen LogP contribution in [0.25, 0.3) is 33.0 Å². The molecule has 0 aliphatic carbocycles. The number of alkyl halides is 2. The third kappa shape index (κ3) is 7.28. The SMILES string of the molecule is CCCOc1ccc(C#Cc2cc(F)c(C(F)(F)Oc3ccc(-c4cc(F)c5c(F)c(-c6cc(F)c(F)c(F)c6)c(F)cc5c4)cc3)cc2C)cc1. The fourth-order valence-electron chi connectivity index (χ4n) is 5.49. The molecule has 52 heavy (non-hydrogen) atoms. The number of halogens is 9. The summed E-state index contributed by atoms with van der Waals surface area (Å²) in [7, 11) is 0. The van der Waals surface area contributed by atoms with Gasteiger partial charge in [0.05, 0.1) is 17.6 Å². The van der Waals surface area contributed by atoms with Crippen LogP contribution in [0.3, 0.4) is 0 Å². The molecule has 0 radical (unpaired) electrons. The number of hydrogen-bond acceptors (Lipinski definition) is 2. The molecule has 0 saturated heterocycles. The van der Waals surface area contributed by atoms with Gasteiger partial charge in [0.2, 0.25) is 0 Å². The zero-order valence-corrected chi connectivity index (χ0v) is 27.3. The molecule has 6 aromatic rings. The van der Waals surface area contributed by atoms with E-state index in [1.165, 1.54) is 25.1 Å². The van der Waals surface area contributed by atoms with Crippen LogP contribution in [0.5, 0.6) is 11.5 Å². The van der Waals surface area contributed by atoms with Crippen molar-refractivity contribution in [1.29, 1.82) is 0 Å². The molecule has 6 aromatic carbocycles. The predicted molar refractivity (Wildman–Crippen MR) is 178 cm³/mol. The van der Waals surface area contributed by atoms with E-state index >= 15 is 26.3 Å². The van der Waals surface area contributed by atoms with Crippen LogP contribution in [0, 0.1) is 59.5 Å². The lowest BCUT2D eigenvalue weighted by Crippen LogP contribution is -2.23. The standard InChI is InChI=1S/C41H25F9O2/c1-3-14-51-29-10-5-23(6-11-29)4-7-25-17-32(42)31(15-22(25)2)41(49,50)52-30-12-8-24(9-13-30)26-16-27-19-34(44)38(40(48)37(27)33(43)18-26)28-20-35(45)39(47)36(46)21-28/h5-6,8-13,15-21H,3,14H2,1-2H3. The zero-order valence-electron chi connectivity index (χ0n) is 27.3. The van der Waals surface area contributed by atoms with Crippen molar-refractivity contribution in [3.05, 3.63) is 154 Å². The van der Waals surface area contributed by atoms with E-state index < -0.39 is 68.9 Å². The van der Waals surface area contributed by atoms with Crippen molar-refractivity contribution >= 4 is 10.8 Å². The van der Waals surface area contributed by atoms with Gasteiger partial charge in [-0.2, -0.15) is 8.78 Å². The van der Waals surface area contributed by atoms with E-state index in [2.05, 4.69) is 11.8 Å². The topological polar surface area (TPSA) is 18.5 Å². The Morgan fingerprint density at radius 3 is 1.88 bits per heavy atom. The van der Waals surface area contributed by atoms with Gasteiger partial charge in [-0.05, 0) is 120 Å². The van der Waals surface area contributed by atoms with E-state index in [4.69, 9.17) is 9.47 Å². The van der Waals surface area contributed by atoms with Crippen LogP contribution < -0.4 is 9.47 Å². The summed E-state index contributed by atoms with van der Waals surface area (Å²) >= 11 is 0. The lowest BCUT2D eigenvalue weighted by molar-refractivity contribution is -0.187. The molecule has 0 saturated carbocycles. The predicted octanol–water partition coefficient (Wildman–Crippen LogP) is 11.8. The average molecular weight is 721 g/mol. The first-order valence-corrected chi connectivity index (χ1v) is 15.7. The molecule has 0 amide bonds. The number of fused-ring (bicyclic) bond motifs is 1. The first-order chi connectivity index (χ1) is 24.7. The minimum absolute atomic E-state index is 0.0906. The van der Waals surface area contributed by atoms with Crippen molar-refractivity contribution in [3.8, 4) is 45.6 Å². The maximum Gasteiger partial charge on any atom is 0.429 e. The van der Waals surface area contributed by atoms with E-state index in [0.717, 1.165) is 42.8 Å². The highest BCUT2D eigenvalue weighted by Crippen LogP contribution is 2.38. The monoisotopic (exact) mass is 720 g/mol. The maximum atomic E-state index is 15.4. The van der Waals surface area contributed by atoms with E-state index in [0.29, 0.717) is 30.1 Å². The van der Waals surface area contributed by atoms with Gasteiger partial charge in [-0.1, -0.05) is 30.9 Å². The highest BCUT2D eigenvalue weighted by Gasteiger charge is 2.38. The smallest absolute Gasteiger partial charge is 0.429 e. The molecule has 0 unspecified atom stereocenters. The molecule has 0 aliphatic heterocycles. The molecular formula is C41H25F9O2. The van der Waals surface area contributed by atoms with Crippen molar-refractivity contribution in [1.82, 2.24) is 0 Å². The van der Waals surface area contributed by atoms with Crippen LogP contribution in [-0.4, -0.2) is 6.61 Å². The van der Waals surface area contributed by atoms with E-state index in [9.17, 15) is 13.2 Å². The summed E-state index contributed by atoms with van der Waals surface area (Å²) in [5.41, 5.74) is -1.26. The summed E-state index contributed by atoms with van der Waals surface area (Å²) in [6.07, 6.45) is -3.26. The van der Waals surface area contributed by atoms with E-state index in [-0.39, 0.29) is 33.4 Å². The summed E-state index contributed by atoms with van der Waals surface area (Å²) in [6, 6.07) is 17.2. The molecule has 0 bridgehead atoms. The Kier molecular flexibility index (Phi) is 9.94. The van der Waals surface area contributed by atoms with Gasteiger partial charge in [-0.3, -0.25) is 0 Å². The summed E-state index contributed by atoms with van der Waals surface area (Å²) < 4.78 is 143. The molecule has 6 rings (SSSR count). The molecule has 0 aliphatic rings. The summed E-state index contributed by atoms with van der Waals surface area (Å²) in [6.45, 7) is 4.05. The summed E-state index contributed by atoms with van der Waals surface area (Å²) in [4.78, 5) is 0. The molecule has 11 heteroatoms. The second-order valence-corrected chi connectivity index (χ2v) is 11.8. The first-order valence-electron chi connectivity index (χ1n) is 15.7. The minimum atomic E-state index is -4.12. The van der Waals surface area contributed by atoms with Gasteiger partial charge in [-0.15, -0.1) is 0 Å². The van der Waals surface area contributed by atoms with Crippen molar-refractivity contribution in [2.75, 3.05) is 6.61 Å². The van der Waals surface area contributed by atoms with Gasteiger partial charge >= 0.3 is 6.11 Å². The third-order valence-electron chi connectivity index (χ3n) is 8.08. The van der Waals surface area contributed by atoms with E-state index in [1.807, 2.05) is 6.92 Å². The number of rotatable bonds is 8.